The van der Waals surface area contributed by atoms with Gasteiger partial charge in [-0.05, 0) is 24.3 Å². The second kappa shape index (κ2) is 7.36. The summed E-state index contributed by atoms with van der Waals surface area (Å²) in [5, 5.41) is 6.92. The predicted molar refractivity (Wildman–Crippen MR) is 104 cm³/mol. The largest absolute Gasteiger partial charge is 0.493 e. The average Bonchev–Trinajstić information content (AvgIpc) is 3.10. The van der Waals surface area contributed by atoms with Gasteiger partial charge in [-0.1, -0.05) is 12.1 Å². The van der Waals surface area contributed by atoms with Crippen molar-refractivity contribution >= 4 is 22.6 Å². The Morgan fingerprint density at radius 3 is 2.61 bits per heavy atom. The molecule has 8 heteroatoms. The van der Waals surface area contributed by atoms with E-state index in [-0.39, 0.29) is 5.91 Å². The number of ether oxygens (including phenoxy) is 2. The third kappa shape index (κ3) is 3.48. The third-order valence-electron chi connectivity index (χ3n) is 4.14. The van der Waals surface area contributed by atoms with Gasteiger partial charge in [0.25, 0.3) is 5.91 Å². The van der Waals surface area contributed by atoms with E-state index in [4.69, 9.17) is 9.47 Å². The summed E-state index contributed by atoms with van der Waals surface area (Å²) in [6.45, 7) is 0. The molecule has 28 heavy (non-hydrogen) atoms. The molecule has 3 aromatic heterocycles. The first-order valence-electron chi connectivity index (χ1n) is 8.50. The fourth-order valence-corrected chi connectivity index (χ4v) is 2.68. The number of carbonyl (C=O) groups excluding carboxylic acids is 1. The molecule has 1 N–H and O–H groups in total. The minimum Gasteiger partial charge on any atom is -0.493 e. The Labute approximate surface area is 160 Å². The topological polar surface area (TPSA) is 91.2 Å². The van der Waals surface area contributed by atoms with Crippen molar-refractivity contribution in [2.75, 3.05) is 12.4 Å². The number of pyridine rings is 2. The number of anilines is 1. The number of rotatable bonds is 5. The highest BCUT2D eigenvalue weighted by Crippen LogP contribution is 2.30. The lowest BCUT2D eigenvalue weighted by molar-refractivity contribution is 0.102. The van der Waals surface area contributed by atoms with E-state index >= 15 is 0 Å². The number of nitrogens with one attached hydrogen (secondary N) is 1. The second-order valence-electron chi connectivity index (χ2n) is 5.99. The highest BCUT2D eigenvalue weighted by molar-refractivity contribution is 6.05. The maximum absolute atomic E-state index is 12.5. The molecule has 4 aromatic rings. The van der Waals surface area contributed by atoms with Crippen LogP contribution in [0.25, 0.3) is 11.0 Å². The van der Waals surface area contributed by atoms with Crippen molar-refractivity contribution in [2.45, 2.75) is 0 Å². The molecule has 1 amide bonds. The maximum atomic E-state index is 12.5. The summed E-state index contributed by atoms with van der Waals surface area (Å²) in [5.41, 5.74) is 2.50. The Kier molecular flexibility index (Phi) is 4.59. The minimum absolute atomic E-state index is 0.282. The molecule has 0 unspecified atom stereocenters. The lowest BCUT2D eigenvalue weighted by atomic mass is 10.2. The standard InChI is InChI=1S/C20H17N5O3/c1-25-16-9-13(10-21-15(16)12-23-25)20(26)24-14-7-8-19(22-11-14)28-18-6-4-3-5-17(18)27-2/h3-12H,1-2H3,(H,24,26). The van der Waals surface area contributed by atoms with Gasteiger partial charge < -0.3 is 14.8 Å². The molecule has 0 radical (unpaired) electrons. The Morgan fingerprint density at radius 1 is 1.04 bits per heavy atom. The first kappa shape index (κ1) is 17.5. The van der Waals surface area contributed by atoms with Crippen LogP contribution in [0.2, 0.25) is 0 Å². The van der Waals surface area contributed by atoms with Gasteiger partial charge in [-0.25, -0.2) is 4.98 Å². The first-order chi connectivity index (χ1) is 13.6. The summed E-state index contributed by atoms with van der Waals surface area (Å²) in [6.07, 6.45) is 4.70. The molecular formula is C20H17N5O3. The summed E-state index contributed by atoms with van der Waals surface area (Å²) in [6, 6.07) is 12.4. The fourth-order valence-electron chi connectivity index (χ4n) is 2.68. The molecule has 0 bridgehead atoms. The van der Waals surface area contributed by atoms with E-state index in [1.807, 2.05) is 12.1 Å². The van der Waals surface area contributed by atoms with Gasteiger partial charge >= 0.3 is 0 Å². The van der Waals surface area contributed by atoms with Crippen LogP contribution in [-0.2, 0) is 7.05 Å². The number of carbonyl (C=O) groups is 1. The van der Waals surface area contributed by atoms with Crippen LogP contribution < -0.4 is 14.8 Å². The number of methoxy groups -OCH3 is 1. The van der Waals surface area contributed by atoms with E-state index in [0.717, 1.165) is 11.0 Å². The van der Waals surface area contributed by atoms with Crippen LogP contribution in [0.3, 0.4) is 0 Å². The number of para-hydroxylation sites is 2. The molecule has 140 valence electrons. The third-order valence-corrected chi connectivity index (χ3v) is 4.14. The van der Waals surface area contributed by atoms with E-state index in [9.17, 15) is 4.79 Å². The van der Waals surface area contributed by atoms with Crippen LogP contribution in [-0.4, -0.2) is 32.8 Å². The molecule has 0 saturated heterocycles. The van der Waals surface area contributed by atoms with E-state index in [1.54, 1.807) is 55.4 Å². The fraction of sp³-hybridized carbons (Fsp3) is 0.100. The molecule has 0 saturated carbocycles. The zero-order valence-corrected chi connectivity index (χ0v) is 15.3. The Balaban J connectivity index is 1.47. The van der Waals surface area contributed by atoms with E-state index in [1.165, 1.54) is 12.4 Å². The van der Waals surface area contributed by atoms with Gasteiger partial charge in [0.1, 0.15) is 5.52 Å². The molecule has 0 aliphatic heterocycles. The molecular weight excluding hydrogens is 358 g/mol. The van der Waals surface area contributed by atoms with E-state index in [0.29, 0.717) is 28.6 Å². The van der Waals surface area contributed by atoms with Gasteiger partial charge in [-0.3, -0.25) is 14.5 Å². The first-order valence-corrected chi connectivity index (χ1v) is 8.50. The second-order valence-corrected chi connectivity index (χ2v) is 5.99. The lowest BCUT2D eigenvalue weighted by Gasteiger charge is -2.10. The molecule has 3 heterocycles. The Bertz CT molecular complexity index is 1140. The summed E-state index contributed by atoms with van der Waals surface area (Å²) in [7, 11) is 3.38. The number of nitrogens with zero attached hydrogens (tertiary/aromatic N) is 4. The van der Waals surface area contributed by atoms with Crippen molar-refractivity contribution in [3.8, 4) is 17.4 Å². The summed E-state index contributed by atoms with van der Waals surface area (Å²) < 4.78 is 12.7. The van der Waals surface area contributed by atoms with Crippen LogP contribution in [0.15, 0.2) is 61.1 Å². The highest BCUT2D eigenvalue weighted by atomic mass is 16.5. The molecule has 8 nitrogen and oxygen atoms in total. The molecule has 0 atom stereocenters. The van der Waals surface area contributed by atoms with Crippen LogP contribution in [0.1, 0.15) is 10.4 Å². The smallest absolute Gasteiger partial charge is 0.257 e. The number of amides is 1. The van der Waals surface area contributed by atoms with Crippen molar-refractivity contribution in [3.63, 3.8) is 0 Å². The quantitative estimate of drug-likeness (QED) is 0.575. The molecule has 0 aliphatic carbocycles. The van der Waals surface area contributed by atoms with Crippen LogP contribution >= 0.6 is 0 Å². The number of hydrogen-bond donors (Lipinski definition) is 1. The summed E-state index contributed by atoms with van der Waals surface area (Å²) in [5.74, 6) is 1.28. The van der Waals surface area contributed by atoms with Gasteiger partial charge in [-0.15, -0.1) is 0 Å². The average molecular weight is 375 g/mol. The minimum atomic E-state index is -0.282. The lowest BCUT2D eigenvalue weighted by Crippen LogP contribution is -2.12. The number of aryl methyl sites for hydroxylation is 1. The van der Waals surface area contributed by atoms with Crippen molar-refractivity contribution in [1.29, 1.82) is 0 Å². The van der Waals surface area contributed by atoms with E-state index in [2.05, 4.69) is 20.4 Å². The number of fused-ring (bicyclic) bond motifs is 1. The van der Waals surface area contributed by atoms with E-state index < -0.39 is 0 Å². The van der Waals surface area contributed by atoms with Gasteiger partial charge in [0.2, 0.25) is 5.88 Å². The molecule has 0 fully saturated rings. The van der Waals surface area contributed by atoms with Gasteiger partial charge in [0.05, 0.1) is 36.3 Å². The molecule has 4 rings (SSSR count). The van der Waals surface area contributed by atoms with Crippen molar-refractivity contribution in [2.24, 2.45) is 7.05 Å². The molecule has 1 aromatic carbocycles. The van der Waals surface area contributed by atoms with Gasteiger partial charge in [0.15, 0.2) is 11.5 Å². The number of aromatic nitrogens is 4. The SMILES string of the molecule is COc1ccccc1Oc1ccc(NC(=O)c2cnc3cnn(C)c3c2)cn1. The van der Waals surface area contributed by atoms with Crippen molar-refractivity contribution in [1.82, 2.24) is 19.7 Å². The maximum Gasteiger partial charge on any atom is 0.257 e. The normalized spacial score (nSPS) is 10.6. The summed E-state index contributed by atoms with van der Waals surface area (Å²) >= 11 is 0. The predicted octanol–water partition coefficient (Wildman–Crippen LogP) is 3.42. The van der Waals surface area contributed by atoms with Crippen LogP contribution in [0.4, 0.5) is 5.69 Å². The number of benzene rings is 1. The number of hydrogen-bond acceptors (Lipinski definition) is 6. The molecule has 0 spiro atoms. The van der Waals surface area contributed by atoms with Gasteiger partial charge in [0, 0.05) is 19.3 Å². The summed E-state index contributed by atoms with van der Waals surface area (Å²) in [4.78, 5) is 21.0. The zero-order valence-electron chi connectivity index (χ0n) is 15.3. The Morgan fingerprint density at radius 2 is 1.86 bits per heavy atom. The van der Waals surface area contributed by atoms with Crippen molar-refractivity contribution in [3.05, 3.63) is 66.6 Å². The molecule has 0 aliphatic rings. The Hall–Kier alpha value is -3.94. The van der Waals surface area contributed by atoms with Crippen LogP contribution in [0.5, 0.6) is 17.4 Å². The zero-order chi connectivity index (χ0) is 19.5. The van der Waals surface area contributed by atoms with Crippen molar-refractivity contribution < 1.29 is 14.3 Å². The monoisotopic (exact) mass is 375 g/mol. The highest BCUT2D eigenvalue weighted by Gasteiger charge is 2.11. The van der Waals surface area contributed by atoms with Gasteiger partial charge in [-0.2, -0.15) is 5.10 Å². The van der Waals surface area contributed by atoms with Crippen LogP contribution in [0, 0.1) is 0 Å².